The summed E-state index contributed by atoms with van der Waals surface area (Å²) < 4.78 is 6.53. The number of halogens is 1. The minimum atomic E-state index is -1.24. The summed E-state index contributed by atoms with van der Waals surface area (Å²) in [4.78, 5) is 41.0. The molecule has 170 valence electrons. The summed E-state index contributed by atoms with van der Waals surface area (Å²) in [6, 6.07) is 2.54. The van der Waals surface area contributed by atoms with Crippen LogP contribution in [0.1, 0.15) is 53.6 Å². The SMILES string of the molecule is C=CCOC(=O)C1CCC2C(CC[C@@H]2NC(=O)c2cc(C(=O)O)nc3cc(Cl)nn23)C1C. The van der Waals surface area contributed by atoms with E-state index in [1.54, 1.807) is 6.08 Å². The molecule has 2 heterocycles. The molecule has 2 saturated carbocycles. The zero-order valence-electron chi connectivity index (χ0n) is 17.7. The van der Waals surface area contributed by atoms with Crippen LogP contribution in [-0.2, 0) is 9.53 Å². The van der Waals surface area contributed by atoms with Crippen LogP contribution in [-0.4, -0.2) is 50.2 Å². The Morgan fingerprint density at radius 3 is 2.75 bits per heavy atom. The van der Waals surface area contributed by atoms with Crippen molar-refractivity contribution >= 4 is 35.1 Å². The number of aromatic nitrogens is 3. The van der Waals surface area contributed by atoms with Crippen molar-refractivity contribution in [2.45, 2.75) is 38.6 Å². The van der Waals surface area contributed by atoms with Gasteiger partial charge in [0, 0.05) is 18.2 Å². The highest BCUT2D eigenvalue weighted by molar-refractivity contribution is 6.29. The van der Waals surface area contributed by atoms with E-state index < -0.39 is 11.9 Å². The molecular formula is C22H25ClN4O5. The summed E-state index contributed by atoms with van der Waals surface area (Å²) in [5.74, 6) is -1.28. The van der Waals surface area contributed by atoms with E-state index >= 15 is 0 Å². The molecule has 5 atom stereocenters. The van der Waals surface area contributed by atoms with E-state index in [1.807, 2.05) is 0 Å². The lowest BCUT2D eigenvalue weighted by atomic mass is 9.68. The average Bonchev–Trinajstić information content (AvgIpc) is 3.34. The standard InChI is InChI=1S/C22H25ClN4O5/c1-3-8-32-22(31)13-4-5-14-12(11(13)2)6-7-15(14)25-20(28)17-9-16(21(29)30)24-19-10-18(23)26-27(17)19/h3,9-15H,1,4-8H2,2H3,(H,25,28)(H,29,30)/t11?,12?,13?,14?,15-/m0/s1. The van der Waals surface area contributed by atoms with E-state index in [4.69, 9.17) is 16.3 Å². The smallest absolute Gasteiger partial charge is 0.354 e. The number of nitrogens with zero attached hydrogens (tertiary/aromatic N) is 3. The minimum Gasteiger partial charge on any atom is -0.477 e. The van der Waals surface area contributed by atoms with Crippen LogP contribution < -0.4 is 5.32 Å². The molecule has 1 amide bonds. The second kappa shape index (κ2) is 8.90. The zero-order chi connectivity index (χ0) is 23.0. The monoisotopic (exact) mass is 460 g/mol. The number of hydrogen-bond donors (Lipinski definition) is 2. The first kappa shape index (κ1) is 22.3. The van der Waals surface area contributed by atoms with Crippen LogP contribution in [0.25, 0.3) is 5.65 Å². The number of fused-ring (bicyclic) bond motifs is 2. The molecule has 2 N–H and O–H groups in total. The first-order valence-electron chi connectivity index (χ1n) is 10.7. The van der Waals surface area contributed by atoms with Gasteiger partial charge in [-0.2, -0.15) is 5.10 Å². The first-order chi connectivity index (χ1) is 15.3. The normalized spacial score (nSPS) is 27.0. The molecule has 0 aliphatic heterocycles. The van der Waals surface area contributed by atoms with Gasteiger partial charge in [-0.1, -0.05) is 31.2 Å². The van der Waals surface area contributed by atoms with Crippen LogP contribution in [0.15, 0.2) is 24.8 Å². The quantitative estimate of drug-likeness (QED) is 0.501. The van der Waals surface area contributed by atoms with Gasteiger partial charge in [-0.3, -0.25) is 9.59 Å². The van der Waals surface area contributed by atoms with Crippen molar-refractivity contribution in [3.8, 4) is 0 Å². The van der Waals surface area contributed by atoms with Gasteiger partial charge in [-0.25, -0.2) is 14.3 Å². The maximum absolute atomic E-state index is 13.1. The fraction of sp³-hybridized carbons (Fsp3) is 0.500. The summed E-state index contributed by atoms with van der Waals surface area (Å²) in [6.45, 7) is 5.88. The highest BCUT2D eigenvalue weighted by Gasteiger charge is 2.47. The predicted molar refractivity (Wildman–Crippen MR) is 115 cm³/mol. The molecule has 2 aromatic rings. The van der Waals surface area contributed by atoms with Gasteiger partial charge in [0.05, 0.1) is 5.92 Å². The number of rotatable bonds is 6. The third-order valence-electron chi connectivity index (χ3n) is 6.81. The Morgan fingerprint density at radius 1 is 1.28 bits per heavy atom. The number of esters is 1. The van der Waals surface area contributed by atoms with E-state index in [0.29, 0.717) is 12.3 Å². The molecule has 2 fully saturated rings. The molecule has 4 unspecified atom stereocenters. The Labute approximate surface area is 189 Å². The third-order valence-corrected chi connectivity index (χ3v) is 7.00. The summed E-state index contributed by atoms with van der Waals surface area (Å²) >= 11 is 5.95. The first-order valence-corrected chi connectivity index (χ1v) is 11.1. The number of hydrogen-bond acceptors (Lipinski definition) is 6. The summed E-state index contributed by atoms with van der Waals surface area (Å²) in [7, 11) is 0. The largest absolute Gasteiger partial charge is 0.477 e. The topological polar surface area (TPSA) is 123 Å². The van der Waals surface area contributed by atoms with Crippen LogP contribution >= 0.6 is 11.6 Å². The highest BCUT2D eigenvalue weighted by atomic mass is 35.5. The molecule has 0 spiro atoms. The van der Waals surface area contributed by atoms with Gasteiger partial charge in [0.1, 0.15) is 12.3 Å². The lowest BCUT2D eigenvalue weighted by molar-refractivity contribution is -0.152. The number of nitrogens with one attached hydrogen (secondary N) is 1. The number of carbonyl (C=O) groups excluding carboxylic acids is 2. The Kier molecular flexibility index (Phi) is 6.19. The molecule has 0 radical (unpaired) electrons. The second-order valence-electron chi connectivity index (χ2n) is 8.52. The second-order valence-corrected chi connectivity index (χ2v) is 8.90. The fourth-order valence-corrected chi connectivity index (χ4v) is 5.49. The number of amides is 1. The summed E-state index contributed by atoms with van der Waals surface area (Å²) in [6.07, 6.45) is 4.78. The van der Waals surface area contributed by atoms with Crippen LogP contribution in [0.2, 0.25) is 5.15 Å². The van der Waals surface area contributed by atoms with E-state index in [0.717, 1.165) is 19.3 Å². The van der Waals surface area contributed by atoms with Crippen molar-refractivity contribution in [1.82, 2.24) is 19.9 Å². The molecule has 2 aliphatic carbocycles. The van der Waals surface area contributed by atoms with Crippen molar-refractivity contribution in [3.05, 3.63) is 41.3 Å². The van der Waals surface area contributed by atoms with Gasteiger partial charge in [0.15, 0.2) is 16.5 Å². The molecular weight excluding hydrogens is 436 g/mol. The lowest BCUT2D eigenvalue weighted by Gasteiger charge is -2.38. The van der Waals surface area contributed by atoms with Gasteiger partial charge < -0.3 is 15.2 Å². The Hall–Kier alpha value is -2.94. The maximum Gasteiger partial charge on any atom is 0.354 e. The minimum absolute atomic E-state index is 0.0670. The Morgan fingerprint density at radius 2 is 2.03 bits per heavy atom. The van der Waals surface area contributed by atoms with Gasteiger partial charge in [-0.05, 0) is 43.4 Å². The molecule has 2 aromatic heterocycles. The molecule has 32 heavy (non-hydrogen) atoms. The van der Waals surface area contributed by atoms with Gasteiger partial charge in [-0.15, -0.1) is 0 Å². The molecule has 2 aliphatic rings. The van der Waals surface area contributed by atoms with Crippen LogP contribution in [0.5, 0.6) is 0 Å². The Bertz CT molecular complexity index is 1080. The predicted octanol–water partition coefficient (Wildman–Crippen LogP) is 2.98. The van der Waals surface area contributed by atoms with E-state index in [2.05, 4.69) is 28.9 Å². The lowest BCUT2D eigenvalue weighted by Crippen LogP contribution is -2.44. The van der Waals surface area contributed by atoms with Gasteiger partial charge in [0.25, 0.3) is 5.91 Å². The summed E-state index contributed by atoms with van der Waals surface area (Å²) in [5, 5.41) is 16.6. The number of carbonyl (C=O) groups is 3. The molecule has 10 heteroatoms. The van der Waals surface area contributed by atoms with Crippen LogP contribution in [0, 0.1) is 23.7 Å². The van der Waals surface area contributed by atoms with Crippen LogP contribution in [0.3, 0.4) is 0 Å². The van der Waals surface area contributed by atoms with Crippen molar-refractivity contribution in [3.63, 3.8) is 0 Å². The zero-order valence-corrected chi connectivity index (χ0v) is 18.4. The van der Waals surface area contributed by atoms with E-state index in [-0.39, 0.29) is 58.6 Å². The molecule has 0 aromatic carbocycles. The van der Waals surface area contributed by atoms with Crippen molar-refractivity contribution < 1.29 is 24.2 Å². The van der Waals surface area contributed by atoms with Gasteiger partial charge >= 0.3 is 11.9 Å². The average molecular weight is 461 g/mol. The summed E-state index contributed by atoms with van der Waals surface area (Å²) in [5.41, 5.74) is 0.00434. The molecule has 4 rings (SSSR count). The fourth-order valence-electron chi connectivity index (χ4n) is 5.32. The number of carboxylic acid groups (broad SMARTS) is 1. The molecule has 0 bridgehead atoms. The van der Waals surface area contributed by atoms with Crippen molar-refractivity contribution in [2.24, 2.45) is 23.7 Å². The number of aromatic carboxylic acids is 1. The maximum atomic E-state index is 13.1. The van der Waals surface area contributed by atoms with Crippen molar-refractivity contribution in [2.75, 3.05) is 6.61 Å². The van der Waals surface area contributed by atoms with Gasteiger partial charge in [0.2, 0.25) is 0 Å². The van der Waals surface area contributed by atoms with Crippen LogP contribution in [0.4, 0.5) is 0 Å². The Balaban J connectivity index is 1.51. The number of carboxylic acids is 1. The highest BCUT2D eigenvalue weighted by Crippen LogP contribution is 2.48. The van der Waals surface area contributed by atoms with E-state index in [9.17, 15) is 19.5 Å². The molecule has 0 saturated heterocycles. The number of ether oxygens (including phenoxy) is 1. The third kappa shape index (κ3) is 4.09. The van der Waals surface area contributed by atoms with Crippen molar-refractivity contribution in [1.29, 1.82) is 0 Å². The molecule has 9 nitrogen and oxygen atoms in total. The van der Waals surface area contributed by atoms with E-state index in [1.165, 1.54) is 16.6 Å².